The van der Waals surface area contributed by atoms with Gasteiger partial charge in [0.15, 0.2) is 0 Å². The molecule has 0 bridgehead atoms. The van der Waals surface area contributed by atoms with Crippen molar-refractivity contribution in [3.8, 4) is 0 Å². The Bertz CT molecular complexity index is 264. The van der Waals surface area contributed by atoms with Crippen molar-refractivity contribution >= 4 is 11.8 Å². The molecule has 16 heavy (non-hydrogen) atoms. The molecule has 0 spiro atoms. The van der Waals surface area contributed by atoms with E-state index >= 15 is 0 Å². The van der Waals surface area contributed by atoms with E-state index in [-0.39, 0.29) is 17.2 Å². The molecule has 0 aromatic heterocycles. The maximum atomic E-state index is 11.6. The molecule has 0 aromatic carbocycles. The minimum absolute atomic E-state index is 0.159. The number of esters is 1. The number of carbonyl (C=O) groups excluding carboxylic acids is 2. The SMILES string of the molecule is CCOC(=O)C(C)(C)CCC(C)(C)C(C)=O. The van der Waals surface area contributed by atoms with Gasteiger partial charge in [-0.25, -0.2) is 0 Å². The first-order valence-electron chi connectivity index (χ1n) is 5.82. The van der Waals surface area contributed by atoms with Crippen LogP contribution in [-0.2, 0) is 14.3 Å². The molecule has 3 heteroatoms. The number of ketones is 1. The van der Waals surface area contributed by atoms with Crippen LogP contribution in [0.4, 0.5) is 0 Å². The van der Waals surface area contributed by atoms with Gasteiger partial charge in [-0.1, -0.05) is 13.8 Å². The molecule has 3 nitrogen and oxygen atoms in total. The van der Waals surface area contributed by atoms with Crippen molar-refractivity contribution < 1.29 is 14.3 Å². The van der Waals surface area contributed by atoms with Crippen LogP contribution in [0.3, 0.4) is 0 Å². The van der Waals surface area contributed by atoms with Crippen molar-refractivity contribution in [1.29, 1.82) is 0 Å². The van der Waals surface area contributed by atoms with Crippen molar-refractivity contribution in [1.82, 2.24) is 0 Å². The molecule has 0 aromatic rings. The van der Waals surface area contributed by atoms with Gasteiger partial charge in [0.05, 0.1) is 12.0 Å². The highest BCUT2D eigenvalue weighted by atomic mass is 16.5. The predicted octanol–water partition coefficient (Wildman–Crippen LogP) is 2.97. The van der Waals surface area contributed by atoms with Gasteiger partial charge in [0.25, 0.3) is 0 Å². The Balaban J connectivity index is 4.39. The first-order chi connectivity index (χ1) is 7.13. The van der Waals surface area contributed by atoms with Crippen LogP contribution in [0.1, 0.15) is 54.4 Å². The van der Waals surface area contributed by atoms with E-state index in [1.807, 2.05) is 27.7 Å². The summed E-state index contributed by atoms with van der Waals surface area (Å²) in [5.74, 6) is -0.0264. The first-order valence-corrected chi connectivity index (χ1v) is 5.82. The van der Waals surface area contributed by atoms with Gasteiger partial charge in [-0.15, -0.1) is 0 Å². The maximum absolute atomic E-state index is 11.6. The minimum atomic E-state index is -0.511. The van der Waals surface area contributed by atoms with Gasteiger partial charge in [-0.05, 0) is 40.5 Å². The average molecular weight is 228 g/mol. The van der Waals surface area contributed by atoms with Crippen LogP contribution < -0.4 is 0 Å². The van der Waals surface area contributed by atoms with Crippen LogP contribution in [0.5, 0.6) is 0 Å². The Kier molecular flexibility index (Phi) is 5.17. The Hall–Kier alpha value is -0.860. The van der Waals surface area contributed by atoms with Gasteiger partial charge in [0, 0.05) is 5.41 Å². The third-order valence-electron chi connectivity index (χ3n) is 3.16. The molecular weight excluding hydrogens is 204 g/mol. The molecule has 0 radical (unpaired) electrons. The molecule has 0 aliphatic heterocycles. The molecule has 0 saturated carbocycles. The Morgan fingerprint density at radius 3 is 1.81 bits per heavy atom. The van der Waals surface area contributed by atoms with E-state index in [2.05, 4.69) is 0 Å². The Labute approximate surface area is 98.6 Å². The summed E-state index contributed by atoms with van der Waals surface area (Å²) >= 11 is 0. The van der Waals surface area contributed by atoms with Crippen LogP contribution in [-0.4, -0.2) is 18.4 Å². The largest absolute Gasteiger partial charge is 0.466 e. The highest BCUT2D eigenvalue weighted by Crippen LogP contribution is 2.32. The second kappa shape index (κ2) is 5.46. The van der Waals surface area contributed by atoms with Crippen LogP contribution in [0.25, 0.3) is 0 Å². The fourth-order valence-corrected chi connectivity index (χ4v) is 1.23. The second-order valence-corrected chi connectivity index (χ2v) is 5.54. The van der Waals surface area contributed by atoms with Gasteiger partial charge >= 0.3 is 5.97 Å². The summed E-state index contributed by atoms with van der Waals surface area (Å²) in [6, 6.07) is 0. The van der Waals surface area contributed by atoms with E-state index in [9.17, 15) is 9.59 Å². The number of rotatable bonds is 6. The van der Waals surface area contributed by atoms with Gasteiger partial charge in [0.2, 0.25) is 0 Å². The van der Waals surface area contributed by atoms with E-state index in [0.29, 0.717) is 19.4 Å². The van der Waals surface area contributed by atoms with Crippen LogP contribution in [0.15, 0.2) is 0 Å². The third-order valence-corrected chi connectivity index (χ3v) is 3.16. The van der Waals surface area contributed by atoms with Crippen molar-refractivity contribution in [2.75, 3.05) is 6.61 Å². The molecule has 0 amide bonds. The summed E-state index contributed by atoms with van der Waals surface area (Å²) in [6.45, 7) is 11.3. The second-order valence-electron chi connectivity index (χ2n) is 5.54. The van der Waals surface area contributed by atoms with Crippen LogP contribution >= 0.6 is 0 Å². The van der Waals surface area contributed by atoms with Gasteiger partial charge in [-0.2, -0.15) is 0 Å². The summed E-state index contributed by atoms with van der Waals surface area (Å²) in [4.78, 5) is 23.0. The zero-order chi connectivity index (χ0) is 13.0. The van der Waals surface area contributed by atoms with Crippen molar-refractivity contribution in [2.24, 2.45) is 10.8 Å². The molecule has 0 atom stereocenters. The van der Waals surface area contributed by atoms with Crippen molar-refractivity contribution in [3.63, 3.8) is 0 Å². The molecule has 0 fully saturated rings. The van der Waals surface area contributed by atoms with Gasteiger partial charge in [0.1, 0.15) is 5.78 Å². The smallest absolute Gasteiger partial charge is 0.311 e. The lowest BCUT2D eigenvalue weighted by Gasteiger charge is -2.27. The number of Topliss-reactive ketones (excluding diaryl/α,β-unsaturated/α-hetero) is 1. The van der Waals surface area contributed by atoms with E-state index < -0.39 is 5.41 Å². The van der Waals surface area contributed by atoms with E-state index in [1.54, 1.807) is 13.8 Å². The third kappa shape index (κ3) is 4.33. The fourth-order valence-electron chi connectivity index (χ4n) is 1.23. The fraction of sp³-hybridized carbons (Fsp3) is 0.846. The van der Waals surface area contributed by atoms with Gasteiger partial charge in [-0.3, -0.25) is 9.59 Å². The highest BCUT2D eigenvalue weighted by Gasteiger charge is 2.33. The zero-order valence-corrected chi connectivity index (χ0v) is 11.3. The molecule has 0 N–H and O–H groups in total. The predicted molar refractivity (Wildman–Crippen MR) is 64.1 cm³/mol. The highest BCUT2D eigenvalue weighted by molar-refractivity contribution is 5.81. The molecular formula is C13H24O3. The number of ether oxygens (including phenoxy) is 1. The zero-order valence-electron chi connectivity index (χ0n) is 11.3. The quantitative estimate of drug-likeness (QED) is 0.656. The minimum Gasteiger partial charge on any atom is -0.466 e. The van der Waals surface area contributed by atoms with E-state index in [4.69, 9.17) is 4.74 Å². The van der Waals surface area contributed by atoms with E-state index in [1.165, 1.54) is 0 Å². The maximum Gasteiger partial charge on any atom is 0.311 e. The molecule has 0 saturated heterocycles. The first kappa shape index (κ1) is 15.1. The summed E-state index contributed by atoms with van der Waals surface area (Å²) < 4.78 is 5.01. The van der Waals surface area contributed by atoms with Crippen LogP contribution in [0, 0.1) is 10.8 Å². The molecule has 0 rings (SSSR count). The van der Waals surface area contributed by atoms with Crippen molar-refractivity contribution in [3.05, 3.63) is 0 Å². The lowest BCUT2D eigenvalue weighted by atomic mass is 9.77. The average Bonchev–Trinajstić information content (AvgIpc) is 2.15. The lowest BCUT2D eigenvalue weighted by Crippen LogP contribution is -2.30. The number of hydrogen-bond donors (Lipinski definition) is 0. The molecule has 0 unspecified atom stereocenters. The molecule has 0 aliphatic rings. The lowest BCUT2D eigenvalue weighted by molar-refractivity contribution is -0.154. The topological polar surface area (TPSA) is 43.4 Å². The molecule has 94 valence electrons. The number of hydrogen-bond acceptors (Lipinski definition) is 3. The Morgan fingerprint density at radius 1 is 1.00 bits per heavy atom. The summed E-state index contributed by atoms with van der Waals surface area (Å²) in [6.07, 6.45) is 1.37. The standard InChI is InChI=1S/C13H24O3/c1-7-16-11(15)13(5,6)9-8-12(3,4)10(2)14/h7-9H2,1-6H3. The molecule has 0 aliphatic carbocycles. The van der Waals surface area contributed by atoms with E-state index in [0.717, 1.165) is 0 Å². The number of carbonyl (C=O) groups is 2. The van der Waals surface area contributed by atoms with Crippen molar-refractivity contribution in [2.45, 2.75) is 54.4 Å². The molecule has 0 heterocycles. The Morgan fingerprint density at radius 2 is 1.44 bits per heavy atom. The summed E-state index contributed by atoms with van der Waals surface area (Å²) in [5.41, 5.74) is -0.869. The normalized spacial score (nSPS) is 12.4. The van der Waals surface area contributed by atoms with Crippen LogP contribution in [0.2, 0.25) is 0 Å². The summed E-state index contributed by atoms with van der Waals surface area (Å²) in [7, 11) is 0. The monoisotopic (exact) mass is 228 g/mol. The summed E-state index contributed by atoms with van der Waals surface area (Å²) in [5, 5.41) is 0. The van der Waals surface area contributed by atoms with Gasteiger partial charge < -0.3 is 4.74 Å².